The molecule has 3 aromatic rings. The molecule has 0 saturated heterocycles. The Morgan fingerprint density at radius 3 is 2.80 bits per heavy atom. The number of aromatic amines is 1. The van der Waals surface area contributed by atoms with Gasteiger partial charge in [0.1, 0.15) is 4.90 Å². The maximum absolute atomic E-state index is 13.0. The molecule has 25 heavy (non-hydrogen) atoms. The topological polar surface area (TPSA) is 79.8 Å². The lowest BCUT2D eigenvalue weighted by Gasteiger charge is -2.04. The SMILES string of the molecule is CCCc1cc(NS(=O)(=O)c2c[nH]c3cc(Cl)ccc23)nn1C(F)F. The molecule has 0 fully saturated rings. The van der Waals surface area contributed by atoms with E-state index in [0.717, 1.165) is 0 Å². The first-order valence-corrected chi connectivity index (χ1v) is 9.34. The third-order valence-electron chi connectivity index (χ3n) is 3.64. The van der Waals surface area contributed by atoms with E-state index in [1.807, 2.05) is 6.92 Å². The third kappa shape index (κ3) is 3.47. The molecule has 2 heterocycles. The maximum Gasteiger partial charge on any atom is 0.333 e. The molecule has 0 saturated carbocycles. The van der Waals surface area contributed by atoms with Crippen molar-refractivity contribution < 1.29 is 17.2 Å². The molecule has 1 aromatic carbocycles. The minimum absolute atomic E-state index is 0.0113. The number of alkyl halides is 2. The van der Waals surface area contributed by atoms with Crippen molar-refractivity contribution in [3.63, 3.8) is 0 Å². The third-order valence-corrected chi connectivity index (χ3v) is 5.27. The van der Waals surface area contributed by atoms with E-state index in [4.69, 9.17) is 11.6 Å². The maximum atomic E-state index is 13.0. The highest BCUT2D eigenvalue weighted by atomic mass is 35.5. The lowest BCUT2D eigenvalue weighted by atomic mass is 10.2. The highest BCUT2D eigenvalue weighted by Gasteiger charge is 2.22. The van der Waals surface area contributed by atoms with Gasteiger partial charge in [-0.15, -0.1) is 5.10 Å². The van der Waals surface area contributed by atoms with Gasteiger partial charge in [-0.3, -0.25) is 4.72 Å². The number of nitrogens with one attached hydrogen (secondary N) is 2. The molecule has 0 unspecified atom stereocenters. The summed E-state index contributed by atoms with van der Waals surface area (Å²) in [7, 11) is -4.00. The fourth-order valence-corrected chi connectivity index (χ4v) is 3.92. The summed E-state index contributed by atoms with van der Waals surface area (Å²) in [6, 6.07) is 6.06. The van der Waals surface area contributed by atoms with Crippen LogP contribution < -0.4 is 4.72 Å². The number of fused-ring (bicyclic) bond motifs is 1. The molecule has 0 atom stereocenters. The lowest BCUT2D eigenvalue weighted by Crippen LogP contribution is -2.13. The zero-order chi connectivity index (χ0) is 18.2. The second-order valence-electron chi connectivity index (χ2n) is 5.44. The van der Waals surface area contributed by atoms with Crippen molar-refractivity contribution in [2.24, 2.45) is 0 Å². The molecular formula is C15H15ClF2N4O2S. The van der Waals surface area contributed by atoms with Crippen molar-refractivity contribution in [3.05, 3.63) is 41.2 Å². The van der Waals surface area contributed by atoms with Gasteiger partial charge in [-0.1, -0.05) is 24.9 Å². The number of H-pyrrole nitrogens is 1. The number of anilines is 1. The first kappa shape index (κ1) is 17.7. The number of rotatable bonds is 6. The molecule has 0 radical (unpaired) electrons. The Kier molecular flexibility index (Phi) is 4.70. The van der Waals surface area contributed by atoms with E-state index in [0.29, 0.717) is 33.4 Å². The number of sulfonamides is 1. The standard InChI is InChI=1S/C15H15ClF2N4O2S/c1-2-3-10-7-14(20-22(10)15(17)18)21-25(23,24)13-8-19-12-6-9(16)4-5-11(12)13/h4-8,15,19H,2-3H2,1H3,(H,20,21). The van der Waals surface area contributed by atoms with Crippen LogP contribution >= 0.6 is 11.6 Å². The fourth-order valence-electron chi connectivity index (χ4n) is 2.58. The molecule has 10 heteroatoms. The van der Waals surface area contributed by atoms with Gasteiger partial charge in [-0.25, -0.2) is 13.1 Å². The molecule has 0 aliphatic heterocycles. The van der Waals surface area contributed by atoms with Crippen LogP contribution in [0.25, 0.3) is 10.9 Å². The molecule has 0 aliphatic rings. The summed E-state index contributed by atoms with van der Waals surface area (Å²) in [6.07, 6.45) is 2.32. The predicted molar refractivity (Wildman–Crippen MR) is 91.6 cm³/mol. The quantitative estimate of drug-likeness (QED) is 0.665. The summed E-state index contributed by atoms with van der Waals surface area (Å²) in [4.78, 5) is 2.82. The Bertz CT molecular complexity index is 1010. The minimum atomic E-state index is -4.00. The molecule has 3 rings (SSSR count). The molecule has 0 amide bonds. The number of nitrogens with zero attached hydrogens (tertiary/aromatic N) is 2. The molecule has 0 spiro atoms. The zero-order valence-corrected chi connectivity index (χ0v) is 14.7. The molecular weight excluding hydrogens is 374 g/mol. The van der Waals surface area contributed by atoms with Crippen LogP contribution in [-0.4, -0.2) is 23.2 Å². The fraction of sp³-hybridized carbons (Fsp3) is 0.267. The molecule has 0 aliphatic carbocycles. The number of aryl methyl sites for hydroxylation is 1. The van der Waals surface area contributed by atoms with Crippen LogP contribution in [0.2, 0.25) is 5.02 Å². The van der Waals surface area contributed by atoms with Gasteiger partial charge in [0, 0.05) is 33.9 Å². The average molecular weight is 389 g/mol. The van der Waals surface area contributed by atoms with E-state index < -0.39 is 16.6 Å². The van der Waals surface area contributed by atoms with Crippen molar-refractivity contribution in [1.29, 1.82) is 0 Å². The van der Waals surface area contributed by atoms with Gasteiger partial charge < -0.3 is 4.98 Å². The van der Waals surface area contributed by atoms with E-state index >= 15 is 0 Å². The van der Waals surface area contributed by atoms with Gasteiger partial charge in [-0.05, 0) is 24.6 Å². The van der Waals surface area contributed by atoms with Crippen molar-refractivity contribution in [3.8, 4) is 0 Å². The van der Waals surface area contributed by atoms with Gasteiger partial charge in [-0.2, -0.15) is 8.78 Å². The Morgan fingerprint density at radius 2 is 2.12 bits per heavy atom. The summed E-state index contributed by atoms with van der Waals surface area (Å²) in [5, 5.41) is 4.57. The van der Waals surface area contributed by atoms with E-state index in [-0.39, 0.29) is 16.4 Å². The Balaban J connectivity index is 1.97. The number of hydrogen-bond donors (Lipinski definition) is 2. The van der Waals surface area contributed by atoms with E-state index in [2.05, 4.69) is 14.8 Å². The summed E-state index contributed by atoms with van der Waals surface area (Å²) >= 11 is 5.88. The first-order valence-electron chi connectivity index (χ1n) is 7.48. The number of aromatic nitrogens is 3. The lowest BCUT2D eigenvalue weighted by molar-refractivity contribution is 0.0537. The van der Waals surface area contributed by atoms with Crippen molar-refractivity contribution in [1.82, 2.24) is 14.8 Å². The summed E-state index contributed by atoms with van der Waals surface area (Å²) < 4.78 is 54.0. The second-order valence-corrected chi connectivity index (χ2v) is 7.53. The van der Waals surface area contributed by atoms with Crippen LogP contribution in [0.5, 0.6) is 0 Å². The van der Waals surface area contributed by atoms with Gasteiger partial charge in [0.2, 0.25) is 0 Å². The smallest absolute Gasteiger partial charge is 0.333 e. The van der Waals surface area contributed by atoms with Crippen LogP contribution in [-0.2, 0) is 16.4 Å². The van der Waals surface area contributed by atoms with E-state index in [1.54, 1.807) is 18.2 Å². The van der Waals surface area contributed by atoms with Crippen molar-refractivity contribution in [2.75, 3.05) is 4.72 Å². The predicted octanol–water partition coefficient (Wildman–Crippen LogP) is 4.17. The summed E-state index contributed by atoms with van der Waals surface area (Å²) in [5.74, 6) is -0.146. The molecule has 2 aromatic heterocycles. The van der Waals surface area contributed by atoms with E-state index in [1.165, 1.54) is 12.3 Å². The Morgan fingerprint density at radius 1 is 1.36 bits per heavy atom. The van der Waals surface area contributed by atoms with E-state index in [9.17, 15) is 17.2 Å². The van der Waals surface area contributed by atoms with Crippen LogP contribution in [0.4, 0.5) is 14.6 Å². The van der Waals surface area contributed by atoms with Crippen LogP contribution in [0, 0.1) is 0 Å². The molecule has 134 valence electrons. The number of halogens is 3. The largest absolute Gasteiger partial charge is 0.360 e. The Hall–Kier alpha value is -2.13. The van der Waals surface area contributed by atoms with Crippen LogP contribution in [0.3, 0.4) is 0 Å². The highest BCUT2D eigenvalue weighted by Crippen LogP contribution is 2.27. The monoisotopic (exact) mass is 388 g/mol. The van der Waals surface area contributed by atoms with Crippen molar-refractivity contribution >= 4 is 38.3 Å². The second kappa shape index (κ2) is 6.64. The summed E-state index contributed by atoms with van der Waals surface area (Å²) in [5.41, 5.74) is 0.818. The van der Waals surface area contributed by atoms with Crippen LogP contribution in [0.1, 0.15) is 25.6 Å². The summed E-state index contributed by atoms with van der Waals surface area (Å²) in [6.45, 7) is -1.00. The first-order chi connectivity index (χ1) is 11.8. The molecule has 6 nitrogen and oxygen atoms in total. The Labute approximate surface area is 147 Å². The minimum Gasteiger partial charge on any atom is -0.360 e. The number of benzene rings is 1. The van der Waals surface area contributed by atoms with Gasteiger partial charge in [0.05, 0.1) is 0 Å². The van der Waals surface area contributed by atoms with Gasteiger partial charge in [0.15, 0.2) is 5.82 Å². The van der Waals surface area contributed by atoms with Crippen molar-refractivity contribution in [2.45, 2.75) is 31.2 Å². The number of hydrogen-bond acceptors (Lipinski definition) is 3. The van der Waals surface area contributed by atoms with Gasteiger partial charge >= 0.3 is 6.55 Å². The van der Waals surface area contributed by atoms with Crippen LogP contribution in [0.15, 0.2) is 35.4 Å². The molecule has 0 bridgehead atoms. The zero-order valence-electron chi connectivity index (χ0n) is 13.1. The highest BCUT2D eigenvalue weighted by molar-refractivity contribution is 7.93. The normalized spacial score (nSPS) is 12.2. The molecule has 2 N–H and O–H groups in total. The average Bonchev–Trinajstić information content (AvgIpc) is 3.11. The van der Waals surface area contributed by atoms with Gasteiger partial charge in [0.25, 0.3) is 10.0 Å².